The average molecular weight is 376 g/mol. The third-order valence-electron chi connectivity index (χ3n) is 5.22. The Hall–Kier alpha value is -1.02. The normalized spacial score (nSPS) is 12.2. The van der Waals surface area contributed by atoms with Crippen molar-refractivity contribution < 1.29 is 4.74 Å². The summed E-state index contributed by atoms with van der Waals surface area (Å²) in [6, 6.07) is 10.1. The number of rotatable bonds is 19. The fraction of sp³-hybridized carbons (Fsp3) is 0.760. The molecule has 0 radical (unpaired) electrons. The number of nitrogens with one attached hydrogen (secondary N) is 1. The zero-order valence-electron chi connectivity index (χ0n) is 18.2. The second kappa shape index (κ2) is 18.3. The summed E-state index contributed by atoms with van der Waals surface area (Å²) in [5.41, 5.74) is 0. The molecule has 27 heavy (non-hydrogen) atoms. The Kier molecular flexibility index (Phi) is 16.3. The molecule has 156 valence electrons. The maximum absolute atomic E-state index is 5.88. The lowest BCUT2D eigenvalue weighted by Gasteiger charge is -2.15. The van der Waals surface area contributed by atoms with E-state index in [0.717, 1.165) is 18.8 Å². The van der Waals surface area contributed by atoms with Crippen LogP contribution in [0.2, 0.25) is 0 Å². The van der Waals surface area contributed by atoms with Gasteiger partial charge >= 0.3 is 0 Å². The summed E-state index contributed by atoms with van der Waals surface area (Å²) in [6.45, 7) is 6.46. The molecule has 1 aromatic carbocycles. The zero-order chi connectivity index (χ0) is 19.4. The molecule has 2 nitrogen and oxygen atoms in total. The van der Waals surface area contributed by atoms with E-state index < -0.39 is 0 Å². The average Bonchev–Trinajstić information content (AvgIpc) is 2.68. The minimum atomic E-state index is 0.221. The summed E-state index contributed by atoms with van der Waals surface area (Å²) in [6.07, 6.45) is 20.1. The molecular weight excluding hydrogens is 330 g/mol. The molecule has 0 bridgehead atoms. The van der Waals surface area contributed by atoms with Gasteiger partial charge in [0.25, 0.3) is 0 Å². The molecule has 1 rings (SSSR count). The van der Waals surface area contributed by atoms with E-state index in [9.17, 15) is 0 Å². The van der Waals surface area contributed by atoms with E-state index >= 15 is 0 Å². The molecule has 1 N–H and O–H groups in total. The van der Waals surface area contributed by atoms with Crippen LogP contribution < -0.4 is 10.1 Å². The van der Waals surface area contributed by atoms with Gasteiger partial charge in [0.1, 0.15) is 11.9 Å². The molecule has 0 heterocycles. The van der Waals surface area contributed by atoms with Crippen LogP contribution >= 0.6 is 0 Å². The Balaban J connectivity index is 1.75. The summed E-state index contributed by atoms with van der Waals surface area (Å²) >= 11 is 0. The third kappa shape index (κ3) is 15.7. The smallest absolute Gasteiger partial charge is 0.119 e. The van der Waals surface area contributed by atoms with Gasteiger partial charge in [0, 0.05) is 6.54 Å². The third-order valence-corrected chi connectivity index (χ3v) is 5.22. The maximum atomic E-state index is 5.88. The van der Waals surface area contributed by atoms with Crippen LogP contribution in [0.3, 0.4) is 0 Å². The topological polar surface area (TPSA) is 21.3 Å². The predicted octanol–water partition coefficient (Wildman–Crippen LogP) is 7.52. The number of ether oxygens (including phenoxy) is 1. The van der Waals surface area contributed by atoms with Crippen LogP contribution in [0.4, 0.5) is 0 Å². The molecule has 1 unspecified atom stereocenters. The summed E-state index contributed by atoms with van der Waals surface area (Å²) in [5, 5.41) is 3.52. The molecular formula is C25H45NO. The highest BCUT2D eigenvalue weighted by Gasteiger charge is 2.02. The van der Waals surface area contributed by atoms with Crippen LogP contribution in [-0.4, -0.2) is 19.2 Å². The molecule has 1 aromatic rings. The van der Waals surface area contributed by atoms with Gasteiger partial charge in [-0.15, -0.1) is 0 Å². The van der Waals surface area contributed by atoms with Crippen molar-refractivity contribution >= 4 is 0 Å². The lowest BCUT2D eigenvalue weighted by Crippen LogP contribution is -2.29. The van der Waals surface area contributed by atoms with E-state index in [1.807, 2.05) is 30.3 Å². The first-order valence-corrected chi connectivity index (χ1v) is 11.8. The van der Waals surface area contributed by atoms with Crippen molar-refractivity contribution in [1.29, 1.82) is 0 Å². The number of para-hydroxylation sites is 1. The van der Waals surface area contributed by atoms with Gasteiger partial charge in [-0.25, -0.2) is 0 Å². The molecule has 0 saturated carbocycles. The van der Waals surface area contributed by atoms with Crippen molar-refractivity contribution in [2.75, 3.05) is 13.1 Å². The van der Waals surface area contributed by atoms with Crippen molar-refractivity contribution in [2.45, 2.75) is 110 Å². The fourth-order valence-electron chi connectivity index (χ4n) is 3.52. The monoisotopic (exact) mass is 375 g/mol. The van der Waals surface area contributed by atoms with E-state index in [-0.39, 0.29) is 6.10 Å². The van der Waals surface area contributed by atoms with Crippen LogP contribution in [0.1, 0.15) is 104 Å². The Morgan fingerprint density at radius 3 is 1.70 bits per heavy atom. The first kappa shape index (κ1) is 24.0. The fourth-order valence-corrected chi connectivity index (χ4v) is 3.52. The van der Waals surface area contributed by atoms with Gasteiger partial charge in [0.2, 0.25) is 0 Å². The van der Waals surface area contributed by atoms with Crippen molar-refractivity contribution in [1.82, 2.24) is 5.32 Å². The molecule has 0 amide bonds. The molecule has 0 spiro atoms. The first-order chi connectivity index (χ1) is 13.3. The Labute approximate surface area is 169 Å². The van der Waals surface area contributed by atoms with Gasteiger partial charge in [-0.05, 0) is 32.0 Å². The number of unbranched alkanes of at least 4 members (excludes halogenated alkanes) is 13. The van der Waals surface area contributed by atoms with Crippen LogP contribution in [0.15, 0.2) is 30.3 Å². The zero-order valence-corrected chi connectivity index (χ0v) is 18.2. The van der Waals surface area contributed by atoms with E-state index in [4.69, 9.17) is 4.74 Å². The van der Waals surface area contributed by atoms with E-state index in [0.29, 0.717) is 0 Å². The van der Waals surface area contributed by atoms with Gasteiger partial charge in [0.15, 0.2) is 0 Å². The molecule has 1 atom stereocenters. The van der Waals surface area contributed by atoms with E-state index in [1.54, 1.807) is 0 Å². The summed E-state index contributed by atoms with van der Waals surface area (Å²) in [7, 11) is 0. The Bertz CT molecular complexity index is 406. The maximum Gasteiger partial charge on any atom is 0.119 e. The van der Waals surface area contributed by atoms with Crippen molar-refractivity contribution in [2.24, 2.45) is 0 Å². The lowest BCUT2D eigenvalue weighted by molar-refractivity contribution is 0.217. The molecule has 2 heteroatoms. The van der Waals surface area contributed by atoms with Gasteiger partial charge in [-0.3, -0.25) is 0 Å². The number of hydrogen-bond donors (Lipinski definition) is 1. The van der Waals surface area contributed by atoms with Crippen LogP contribution in [0.25, 0.3) is 0 Å². The summed E-state index contributed by atoms with van der Waals surface area (Å²) < 4.78 is 5.88. The summed E-state index contributed by atoms with van der Waals surface area (Å²) in [5.74, 6) is 0.961. The van der Waals surface area contributed by atoms with Crippen LogP contribution in [0, 0.1) is 0 Å². The number of benzene rings is 1. The van der Waals surface area contributed by atoms with Crippen LogP contribution in [-0.2, 0) is 0 Å². The van der Waals surface area contributed by atoms with Gasteiger partial charge in [-0.2, -0.15) is 0 Å². The highest BCUT2D eigenvalue weighted by Crippen LogP contribution is 2.13. The first-order valence-electron chi connectivity index (χ1n) is 11.8. The lowest BCUT2D eigenvalue weighted by atomic mass is 10.0. The van der Waals surface area contributed by atoms with E-state index in [1.165, 1.54) is 89.9 Å². The largest absolute Gasteiger partial charge is 0.489 e. The second-order valence-corrected chi connectivity index (χ2v) is 8.04. The van der Waals surface area contributed by atoms with Crippen molar-refractivity contribution in [3.63, 3.8) is 0 Å². The van der Waals surface area contributed by atoms with Gasteiger partial charge in [-0.1, -0.05) is 109 Å². The SMILES string of the molecule is CCCCCCCCCCCCCCCCNCC(C)Oc1ccccc1. The minimum absolute atomic E-state index is 0.221. The van der Waals surface area contributed by atoms with E-state index in [2.05, 4.69) is 19.2 Å². The highest BCUT2D eigenvalue weighted by molar-refractivity contribution is 5.21. The number of hydrogen-bond acceptors (Lipinski definition) is 2. The quantitative estimate of drug-likeness (QED) is 0.252. The highest BCUT2D eigenvalue weighted by atomic mass is 16.5. The molecule has 0 aliphatic rings. The predicted molar refractivity (Wildman–Crippen MR) is 120 cm³/mol. The molecule has 0 aliphatic carbocycles. The second-order valence-electron chi connectivity index (χ2n) is 8.04. The summed E-state index contributed by atoms with van der Waals surface area (Å²) in [4.78, 5) is 0. The Morgan fingerprint density at radius 2 is 1.19 bits per heavy atom. The molecule has 0 aliphatic heterocycles. The Morgan fingerprint density at radius 1 is 0.704 bits per heavy atom. The van der Waals surface area contributed by atoms with Gasteiger partial charge in [0.05, 0.1) is 0 Å². The van der Waals surface area contributed by atoms with Crippen LogP contribution in [0.5, 0.6) is 5.75 Å². The standard InChI is InChI=1S/C25H45NO/c1-3-4-5-6-7-8-9-10-11-12-13-14-15-19-22-26-23-24(2)27-25-20-17-16-18-21-25/h16-18,20-21,24,26H,3-15,19,22-23H2,1-2H3. The minimum Gasteiger partial charge on any atom is -0.489 e. The molecule has 0 saturated heterocycles. The van der Waals surface area contributed by atoms with Crippen molar-refractivity contribution in [3.8, 4) is 5.75 Å². The molecule has 0 fully saturated rings. The van der Waals surface area contributed by atoms with Crippen molar-refractivity contribution in [3.05, 3.63) is 30.3 Å². The molecule has 0 aromatic heterocycles. The van der Waals surface area contributed by atoms with Gasteiger partial charge < -0.3 is 10.1 Å².